The van der Waals surface area contributed by atoms with Crippen molar-refractivity contribution >= 4 is 21.7 Å². The Morgan fingerprint density at radius 1 is 1.33 bits per heavy atom. The Labute approximate surface area is 126 Å². The first-order valence-corrected chi connectivity index (χ1v) is 9.32. The third kappa shape index (κ3) is 3.07. The van der Waals surface area contributed by atoms with E-state index in [9.17, 15) is 18.0 Å². The SMILES string of the molecule is CCC1C(=O)NC(C(C)C)C(=O)N1CC1CCCS1(=O)=O. The smallest absolute Gasteiger partial charge is 0.246 e. The molecular formula is C14H24N2O4S. The number of piperazine rings is 1. The van der Waals surface area contributed by atoms with Crippen LogP contribution in [0, 0.1) is 5.92 Å². The zero-order valence-electron chi connectivity index (χ0n) is 12.8. The van der Waals surface area contributed by atoms with Crippen molar-refractivity contribution in [3.05, 3.63) is 0 Å². The Kier molecular flexibility index (Phi) is 4.60. The Bertz CT molecular complexity index is 529. The van der Waals surface area contributed by atoms with Crippen LogP contribution in [0.3, 0.4) is 0 Å². The van der Waals surface area contributed by atoms with Crippen molar-refractivity contribution < 1.29 is 18.0 Å². The van der Waals surface area contributed by atoms with E-state index in [1.54, 1.807) is 0 Å². The first-order valence-electron chi connectivity index (χ1n) is 7.60. The minimum Gasteiger partial charge on any atom is -0.342 e. The second-order valence-corrected chi connectivity index (χ2v) is 8.68. The lowest BCUT2D eigenvalue weighted by Crippen LogP contribution is -2.65. The molecule has 0 radical (unpaired) electrons. The number of carbonyl (C=O) groups is 2. The summed E-state index contributed by atoms with van der Waals surface area (Å²) >= 11 is 0. The molecule has 2 aliphatic heterocycles. The topological polar surface area (TPSA) is 83.6 Å². The second kappa shape index (κ2) is 5.94. The minimum atomic E-state index is -3.12. The van der Waals surface area contributed by atoms with Crippen molar-refractivity contribution in [2.45, 2.75) is 57.4 Å². The van der Waals surface area contributed by atoms with Crippen LogP contribution >= 0.6 is 0 Å². The molecule has 2 saturated heterocycles. The van der Waals surface area contributed by atoms with E-state index in [1.165, 1.54) is 4.90 Å². The van der Waals surface area contributed by atoms with Crippen LogP contribution in [0.1, 0.15) is 40.0 Å². The van der Waals surface area contributed by atoms with Gasteiger partial charge in [-0.15, -0.1) is 0 Å². The molecule has 3 unspecified atom stereocenters. The Balaban J connectivity index is 2.24. The van der Waals surface area contributed by atoms with Crippen LogP contribution in [-0.2, 0) is 19.4 Å². The van der Waals surface area contributed by atoms with Gasteiger partial charge in [-0.2, -0.15) is 0 Å². The summed E-state index contributed by atoms with van der Waals surface area (Å²) in [6.07, 6.45) is 1.72. The van der Waals surface area contributed by atoms with Crippen LogP contribution in [0.15, 0.2) is 0 Å². The van der Waals surface area contributed by atoms with Gasteiger partial charge in [0.05, 0.1) is 11.0 Å². The maximum absolute atomic E-state index is 12.6. The van der Waals surface area contributed by atoms with Crippen molar-refractivity contribution in [1.29, 1.82) is 0 Å². The molecule has 0 aromatic rings. The fourth-order valence-corrected chi connectivity index (χ4v) is 4.96. The molecule has 2 aliphatic rings. The highest BCUT2D eigenvalue weighted by molar-refractivity contribution is 7.92. The molecule has 0 aliphatic carbocycles. The second-order valence-electron chi connectivity index (χ2n) is 6.28. The van der Waals surface area contributed by atoms with Crippen molar-refractivity contribution in [2.24, 2.45) is 5.92 Å². The summed E-state index contributed by atoms with van der Waals surface area (Å²) in [5.41, 5.74) is 0. The molecule has 6 nitrogen and oxygen atoms in total. The summed E-state index contributed by atoms with van der Waals surface area (Å²) in [7, 11) is -3.12. The zero-order chi connectivity index (χ0) is 15.8. The van der Waals surface area contributed by atoms with Crippen LogP contribution in [0.2, 0.25) is 0 Å². The molecule has 2 rings (SSSR count). The van der Waals surface area contributed by atoms with Crippen LogP contribution in [0.25, 0.3) is 0 Å². The fourth-order valence-electron chi connectivity index (χ4n) is 3.14. The van der Waals surface area contributed by atoms with Crippen LogP contribution in [0.5, 0.6) is 0 Å². The predicted molar refractivity (Wildman–Crippen MR) is 79.4 cm³/mol. The van der Waals surface area contributed by atoms with E-state index in [0.717, 1.165) is 0 Å². The normalized spacial score (nSPS) is 32.6. The number of carbonyl (C=O) groups excluding carboxylic acids is 2. The monoisotopic (exact) mass is 316 g/mol. The van der Waals surface area contributed by atoms with Gasteiger partial charge in [-0.25, -0.2) is 8.42 Å². The van der Waals surface area contributed by atoms with Crippen molar-refractivity contribution in [1.82, 2.24) is 10.2 Å². The highest BCUT2D eigenvalue weighted by Crippen LogP contribution is 2.25. The number of hydrogen-bond acceptors (Lipinski definition) is 4. The van der Waals surface area contributed by atoms with Crippen molar-refractivity contribution in [3.63, 3.8) is 0 Å². The van der Waals surface area contributed by atoms with E-state index in [4.69, 9.17) is 0 Å². The molecule has 21 heavy (non-hydrogen) atoms. The zero-order valence-corrected chi connectivity index (χ0v) is 13.6. The van der Waals surface area contributed by atoms with Gasteiger partial charge in [0.15, 0.2) is 9.84 Å². The maximum atomic E-state index is 12.6. The van der Waals surface area contributed by atoms with E-state index >= 15 is 0 Å². The summed E-state index contributed by atoms with van der Waals surface area (Å²) < 4.78 is 24.0. The van der Waals surface area contributed by atoms with E-state index < -0.39 is 27.2 Å². The van der Waals surface area contributed by atoms with Gasteiger partial charge in [0, 0.05) is 6.54 Å². The lowest BCUT2D eigenvalue weighted by Gasteiger charge is -2.40. The molecule has 120 valence electrons. The molecule has 0 spiro atoms. The molecule has 0 bridgehead atoms. The first kappa shape index (κ1) is 16.3. The van der Waals surface area contributed by atoms with Gasteiger partial charge in [-0.3, -0.25) is 9.59 Å². The Morgan fingerprint density at radius 3 is 2.48 bits per heavy atom. The van der Waals surface area contributed by atoms with E-state index in [0.29, 0.717) is 19.3 Å². The Hall–Kier alpha value is -1.11. The molecule has 2 fully saturated rings. The van der Waals surface area contributed by atoms with Crippen molar-refractivity contribution in [2.75, 3.05) is 12.3 Å². The molecule has 2 heterocycles. The molecule has 1 N–H and O–H groups in total. The molecule has 0 aromatic heterocycles. The lowest BCUT2D eigenvalue weighted by molar-refractivity contribution is -0.150. The van der Waals surface area contributed by atoms with Crippen molar-refractivity contribution in [3.8, 4) is 0 Å². The van der Waals surface area contributed by atoms with Gasteiger partial charge in [0.2, 0.25) is 11.8 Å². The number of sulfone groups is 1. The quantitative estimate of drug-likeness (QED) is 0.810. The predicted octanol–water partition coefficient (Wildman–Crippen LogP) is 0.325. The Morgan fingerprint density at radius 2 is 2.00 bits per heavy atom. The highest BCUT2D eigenvalue weighted by Gasteiger charge is 2.43. The molecule has 2 amide bonds. The molecule has 0 saturated carbocycles. The number of nitrogens with zero attached hydrogens (tertiary/aromatic N) is 1. The number of rotatable bonds is 4. The van der Waals surface area contributed by atoms with E-state index in [2.05, 4.69) is 5.32 Å². The number of nitrogens with one attached hydrogen (secondary N) is 1. The van der Waals surface area contributed by atoms with E-state index in [-0.39, 0.29) is 30.0 Å². The number of hydrogen-bond donors (Lipinski definition) is 1. The largest absolute Gasteiger partial charge is 0.342 e. The van der Waals surface area contributed by atoms with Gasteiger partial charge < -0.3 is 10.2 Å². The average molecular weight is 316 g/mol. The minimum absolute atomic E-state index is 0.0121. The average Bonchev–Trinajstić information content (AvgIpc) is 2.72. The highest BCUT2D eigenvalue weighted by atomic mass is 32.2. The lowest BCUT2D eigenvalue weighted by atomic mass is 9.96. The summed E-state index contributed by atoms with van der Waals surface area (Å²) in [5.74, 6) is -0.150. The third-order valence-electron chi connectivity index (χ3n) is 4.44. The van der Waals surface area contributed by atoms with Crippen LogP contribution in [0.4, 0.5) is 0 Å². The first-order chi connectivity index (χ1) is 9.77. The molecule has 3 atom stereocenters. The number of amides is 2. The summed E-state index contributed by atoms with van der Waals surface area (Å²) in [5, 5.41) is 2.24. The van der Waals surface area contributed by atoms with E-state index in [1.807, 2.05) is 20.8 Å². The molecule has 0 aromatic carbocycles. The summed E-state index contributed by atoms with van der Waals surface area (Å²) in [4.78, 5) is 26.3. The maximum Gasteiger partial charge on any atom is 0.246 e. The third-order valence-corrected chi connectivity index (χ3v) is 6.70. The standard InChI is InChI=1S/C14H24N2O4S/c1-4-11-13(17)15-12(9(2)3)14(18)16(11)8-10-6-5-7-21(10,19)20/h9-12H,4-8H2,1-3H3,(H,15,17). The van der Waals surface area contributed by atoms with Gasteiger partial charge >= 0.3 is 0 Å². The molecular weight excluding hydrogens is 292 g/mol. The fraction of sp³-hybridized carbons (Fsp3) is 0.857. The summed E-state index contributed by atoms with van der Waals surface area (Å²) in [6.45, 7) is 5.74. The van der Waals surface area contributed by atoms with Gasteiger partial charge in [-0.1, -0.05) is 20.8 Å². The van der Waals surface area contributed by atoms with Gasteiger partial charge in [0.1, 0.15) is 12.1 Å². The van der Waals surface area contributed by atoms with Gasteiger partial charge in [-0.05, 0) is 25.2 Å². The van der Waals surface area contributed by atoms with Gasteiger partial charge in [0.25, 0.3) is 0 Å². The van der Waals surface area contributed by atoms with Crippen LogP contribution in [-0.4, -0.2) is 54.8 Å². The molecule has 7 heteroatoms. The van der Waals surface area contributed by atoms with Crippen LogP contribution < -0.4 is 5.32 Å². The summed E-state index contributed by atoms with van der Waals surface area (Å²) in [6, 6.07) is -1.10.